The first-order valence-electron chi connectivity index (χ1n) is 16.0. The molecule has 1 aliphatic heterocycles. The molecule has 0 atom stereocenters. The van der Waals surface area contributed by atoms with Crippen molar-refractivity contribution in [1.29, 1.82) is 0 Å². The molecule has 55 heavy (non-hydrogen) atoms. The highest BCUT2D eigenvalue weighted by Crippen LogP contribution is 2.53. The summed E-state index contributed by atoms with van der Waals surface area (Å²) in [5, 5.41) is -0.0107. The van der Waals surface area contributed by atoms with Crippen LogP contribution in [-0.4, -0.2) is 53.1 Å². The predicted molar refractivity (Wildman–Crippen MR) is 199 cm³/mol. The maximum absolute atomic E-state index is 14.8. The minimum Gasteiger partial charge on any atom is -0.289 e. The zero-order valence-corrected chi connectivity index (χ0v) is 29.2. The lowest BCUT2D eigenvalue weighted by atomic mass is 9.86. The molecule has 0 spiro atoms. The van der Waals surface area contributed by atoms with Crippen LogP contribution in [0.15, 0.2) is 99.4 Å². The van der Waals surface area contributed by atoms with Crippen molar-refractivity contribution in [3.05, 3.63) is 102 Å². The van der Waals surface area contributed by atoms with Crippen molar-refractivity contribution in [3.63, 3.8) is 0 Å². The summed E-state index contributed by atoms with van der Waals surface area (Å²) in [6.07, 6.45) is 0. The van der Waals surface area contributed by atoms with Gasteiger partial charge in [-0.2, -0.15) is 16.8 Å². The van der Waals surface area contributed by atoms with Crippen molar-refractivity contribution in [2.24, 2.45) is 0 Å². The van der Waals surface area contributed by atoms with Crippen LogP contribution in [0.3, 0.4) is 0 Å². The number of fused-ring (bicyclic) bond motifs is 9. The van der Waals surface area contributed by atoms with E-state index in [1.54, 1.807) is 0 Å². The Balaban J connectivity index is 1.35. The summed E-state index contributed by atoms with van der Waals surface area (Å²) in [5.41, 5.74) is -3.16. The largest absolute Gasteiger partial charge is 0.294 e. The van der Waals surface area contributed by atoms with Crippen LogP contribution in [0.2, 0.25) is 0 Å². The zero-order chi connectivity index (χ0) is 38.2. The number of aromatic nitrogens is 4. The average Bonchev–Trinajstić information content (AvgIpc) is 3.77. The molecule has 0 saturated carbocycles. The maximum atomic E-state index is 14.8. The molecule has 0 amide bonds. The van der Waals surface area contributed by atoms with Crippen LogP contribution >= 0.6 is 0 Å². The lowest BCUT2D eigenvalue weighted by molar-refractivity contribution is 0.481. The summed E-state index contributed by atoms with van der Waals surface area (Å²) in [6.45, 7) is 0. The quantitative estimate of drug-likeness (QED) is 0.145. The Morgan fingerprint density at radius 1 is 0.491 bits per heavy atom. The molecule has 11 aromatic rings. The molecule has 4 aromatic heterocycles. The summed E-state index contributed by atoms with van der Waals surface area (Å²) in [7, 11) is -13.9. The van der Waals surface area contributed by atoms with Gasteiger partial charge in [-0.05, 0) is 60.7 Å². The number of benzene rings is 7. The van der Waals surface area contributed by atoms with Gasteiger partial charge in [0.1, 0.15) is 11.3 Å². The van der Waals surface area contributed by atoms with Gasteiger partial charge in [0.15, 0.2) is 10.9 Å². The molecule has 1 aliphatic rings. The van der Waals surface area contributed by atoms with E-state index in [9.17, 15) is 53.5 Å². The highest BCUT2D eigenvalue weighted by Gasteiger charge is 2.38. The lowest BCUT2D eigenvalue weighted by Gasteiger charge is -2.16. The van der Waals surface area contributed by atoms with E-state index in [-0.39, 0.29) is 108 Å². The van der Waals surface area contributed by atoms with Gasteiger partial charge in [0.2, 0.25) is 9.84 Å². The van der Waals surface area contributed by atoms with Crippen LogP contribution in [0.25, 0.3) is 98.0 Å². The zero-order valence-electron chi connectivity index (χ0n) is 26.8. The third kappa shape index (κ3) is 3.34. The Kier molecular flexibility index (Phi) is 4.99. The van der Waals surface area contributed by atoms with Crippen LogP contribution in [0.5, 0.6) is 0 Å². The molecule has 0 radical (unpaired) electrons. The first-order valence-corrected chi connectivity index (χ1v) is 20.4. The highest BCUT2D eigenvalue weighted by atomic mass is 32.2. The fourth-order valence-corrected chi connectivity index (χ4v) is 11.6. The Bertz CT molecular complexity index is 4120. The van der Waals surface area contributed by atoms with E-state index in [0.717, 1.165) is 45.2 Å². The first kappa shape index (κ1) is 30.9. The van der Waals surface area contributed by atoms with Crippen molar-refractivity contribution < 1.29 is 34.4 Å². The molecular formula is C36H12N4O12S3. The van der Waals surface area contributed by atoms with Gasteiger partial charge in [-0.25, -0.2) is 18.4 Å². The van der Waals surface area contributed by atoms with Crippen molar-refractivity contribution in [1.82, 2.24) is 18.8 Å². The maximum Gasteiger partial charge on any atom is 0.294 e. The van der Waals surface area contributed by atoms with Crippen LogP contribution in [0, 0.1) is 0 Å². The second-order valence-corrected chi connectivity index (χ2v) is 18.3. The monoisotopic (exact) mass is 788 g/mol. The molecule has 266 valence electrons. The molecule has 0 unspecified atom stereocenters. The van der Waals surface area contributed by atoms with E-state index < -0.39 is 61.8 Å². The Morgan fingerprint density at radius 2 is 0.891 bits per heavy atom. The number of sulfone groups is 1. The topological polar surface area (TPSA) is 246 Å². The van der Waals surface area contributed by atoms with Gasteiger partial charge in [0.05, 0.1) is 52.4 Å². The number of hydrogen-bond donors (Lipinski definition) is 2. The molecule has 7 aromatic carbocycles. The predicted octanol–water partition coefficient (Wildman–Crippen LogP) is 3.04. The van der Waals surface area contributed by atoms with E-state index in [1.165, 1.54) is 24.3 Å². The summed E-state index contributed by atoms with van der Waals surface area (Å²) in [6, 6.07) is 11.5. The van der Waals surface area contributed by atoms with Crippen molar-refractivity contribution in [2.75, 3.05) is 0 Å². The third-order valence-corrected chi connectivity index (χ3v) is 14.4. The molecule has 0 saturated heterocycles. The van der Waals surface area contributed by atoms with Gasteiger partial charge in [0.25, 0.3) is 31.4 Å². The molecular weight excluding hydrogens is 777 g/mol. The molecule has 16 nitrogen and oxygen atoms in total. The third-order valence-electron chi connectivity index (χ3n) is 10.9. The van der Waals surface area contributed by atoms with Gasteiger partial charge in [-0.3, -0.25) is 37.1 Å². The number of rotatable bonds is 2. The van der Waals surface area contributed by atoms with Crippen LogP contribution < -0.4 is 22.0 Å². The van der Waals surface area contributed by atoms with Crippen molar-refractivity contribution >= 4 is 128 Å². The minimum absolute atomic E-state index is 0.0300. The molecule has 0 aliphatic carbocycles. The number of nitrogens with zero attached hydrogens (tertiary/aromatic N) is 4. The number of hydrogen-bond acceptors (Lipinski definition) is 12. The van der Waals surface area contributed by atoms with Crippen molar-refractivity contribution in [2.45, 2.75) is 19.6 Å². The SMILES string of the molecule is O=c1cc2c(=O)n3c4cc(S(=O)(=O)O)ccc4nc3c3cc4c5c6c(cc7c8c(cc(=O)c(c1c5c23)c68)c(=O)n1c2cc(S(=O)(=O)O)ccc2nc71)S4(=O)=O. The second kappa shape index (κ2) is 8.88. The molecule has 0 fully saturated rings. The second-order valence-electron chi connectivity index (χ2n) is 13.6. The van der Waals surface area contributed by atoms with E-state index in [0.29, 0.717) is 0 Å². The standard InChI is InChI=1S/C36H12N4O12S3/c41-21-7-15-25-13(33-37-17-3-1-11(54(47,48)49)5-19(17)39(33)35(15)43)9-23-29-30-24(53(23,45)46)10-14-26-16(8-22(42)28(32(26)30)27(21)31(25)29)36(44)40-20-6-12(55(50,51)52)2-4-18(20)38-34(14)40/h1-10H,(H,47,48,49)(H,50,51,52). The number of imidazole rings is 2. The van der Waals surface area contributed by atoms with Gasteiger partial charge in [-0.1, -0.05) is 0 Å². The summed E-state index contributed by atoms with van der Waals surface area (Å²) in [4.78, 5) is 64.7. The van der Waals surface area contributed by atoms with Gasteiger partial charge in [-0.15, -0.1) is 0 Å². The van der Waals surface area contributed by atoms with Gasteiger partial charge < -0.3 is 0 Å². The average molecular weight is 789 g/mol. The smallest absolute Gasteiger partial charge is 0.289 e. The fourth-order valence-electron chi connectivity index (χ4n) is 8.84. The first-order chi connectivity index (χ1) is 26.0. The van der Waals surface area contributed by atoms with E-state index >= 15 is 0 Å². The molecule has 5 heterocycles. The Labute approximate surface area is 301 Å². The lowest BCUT2D eigenvalue weighted by Crippen LogP contribution is -2.19. The van der Waals surface area contributed by atoms with Gasteiger partial charge >= 0.3 is 0 Å². The van der Waals surface area contributed by atoms with Gasteiger partial charge in [0, 0.05) is 53.9 Å². The highest BCUT2D eigenvalue weighted by molar-refractivity contribution is 7.92. The van der Waals surface area contributed by atoms with Crippen LogP contribution in [-0.2, 0) is 30.1 Å². The molecule has 2 N–H and O–H groups in total. The molecule has 19 heteroatoms. The van der Waals surface area contributed by atoms with E-state index in [4.69, 9.17) is 0 Å². The van der Waals surface area contributed by atoms with Crippen LogP contribution in [0.4, 0.5) is 0 Å². The van der Waals surface area contributed by atoms with E-state index in [2.05, 4.69) is 9.97 Å². The minimum atomic E-state index is -4.71. The van der Waals surface area contributed by atoms with Crippen molar-refractivity contribution in [3.8, 4) is 0 Å². The summed E-state index contributed by atoms with van der Waals surface area (Å²) >= 11 is 0. The molecule has 0 bridgehead atoms. The summed E-state index contributed by atoms with van der Waals surface area (Å²) < 4.78 is 99.1. The normalized spacial score (nSPS) is 14.9. The Morgan fingerprint density at radius 3 is 1.27 bits per heavy atom. The summed E-state index contributed by atoms with van der Waals surface area (Å²) in [5.74, 6) is 0. The van der Waals surface area contributed by atoms with E-state index in [1.807, 2.05) is 0 Å². The molecule has 12 rings (SSSR count). The van der Waals surface area contributed by atoms with Crippen LogP contribution in [0.1, 0.15) is 0 Å². The fraction of sp³-hybridized carbons (Fsp3) is 0. The Hall–Kier alpha value is -6.51. The number of pyridine rings is 2.